The first-order valence-corrected chi connectivity index (χ1v) is 9.71. The van der Waals surface area contributed by atoms with E-state index >= 15 is 0 Å². The number of carbonyl (C=O) groups is 1. The van der Waals surface area contributed by atoms with Gasteiger partial charge in [-0.15, -0.1) is 0 Å². The van der Waals surface area contributed by atoms with E-state index in [2.05, 4.69) is 38.4 Å². The van der Waals surface area contributed by atoms with Gasteiger partial charge in [0.05, 0.1) is 11.6 Å². The first-order chi connectivity index (χ1) is 13.8. The molecular formula is C22H25N5O. The monoisotopic (exact) mass is 375 g/mol. The van der Waals surface area contributed by atoms with Crippen molar-refractivity contribution in [1.29, 1.82) is 0 Å². The minimum atomic E-state index is -0.200. The van der Waals surface area contributed by atoms with Crippen LogP contribution in [0.5, 0.6) is 0 Å². The van der Waals surface area contributed by atoms with E-state index in [-0.39, 0.29) is 11.9 Å². The van der Waals surface area contributed by atoms with Gasteiger partial charge >= 0.3 is 0 Å². The molecule has 1 aliphatic heterocycles. The van der Waals surface area contributed by atoms with Crippen molar-refractivity contribution < 1.29 is 4.79 Å². The summed E-state index contributed by atoms with van der Waals surface area (Å²) in [5.41, 5.74) is 2.12. The summed E-state index contributed by atoms with van der Waals surface area (Å²) in [5.74, 6) is 1.12. The highest BCUT2D eigenvalue weighted by atomic mass is 16.2. The summed E-state index contributed by atoms with van der Waals surface area (Å²) in [5, 5.41) is 4.25. The van der Waals surface area contributed by atoms with Crippen LogP contribution in [0.15, 0.2) is 60.9 Å². The van der Waals surface area contributed by atoms with Crippen molar-refractivity contribution in [1.82, 2.24) is 20.2 Å². The van der Waals surface area contributed by atoms with E-state index in [0.29, 0.717) is 19.5 Å². The molecule has 3 aromatic rings. The Balaban J connectivity index is 1.42. The van der Waals surface area contributed by atoms with Crippen molar-refractivity contribution in [3.8, 4) is 0 Å². The van der Waals surface area contributed by atoms with Crippen LogP contribution in [0.3, 0.4) is 0 Å². The van der Waals surface area contributed by atoms with Gasteiger partial charge in [-0.05, 0) is 31.2 Å². The number of likely N-dealkylation sites (N-methyl/N-ethyl adjacent to an activating group) is 1. The number of rotatable bonds is 5. The van der Waals surface area contributed by atoms with Crippen LogP contribution in [0, 0.1) is 0 Å². The Morgan fingerprint density at radius 2 is 1.71 bits per heavy atom. The van der Waals surface area contributed by atoms with E-state index in [1.165, 1.54) is 5.56 Å². The summed E-state index contributed by atoms with van der Waals surface area (Å²) in [6.07, 6.45) is 2.32. The average molecular weight is 375 g/mol. The summed E-state index contributed by atoms with van der Waals surface area (Å²) >= 11 is 0. The average Bonchev–Trinajstić information content (AvgIpc) is 2.77. The van der Waals surface area contributed by atoms with Gasteiger partial charge in [0, 0.05) is 31.6 Å². The number of fused-ring (bicyclic) bond motifs is 1. The first kappa shape index (κ1) is 18.4. The maximum atomic E-state index is 13.0. The molecule has 1 amide bonds. The van der Waals surface area contributed by atoms with Crippen molar-refractivity contribution >= 4 is 22.6 Å². The third kappa shape index (κ3) is 3.82. The van der Waals surface area contributed by atoms with Crippen LogP contribution in [0.4, 0.5) is 5.82 Å². The molecule has 6 nitrogen and oxygen atoms in total. The van der Waals surface area contributed by atoms with E-state index in [1.54, 1.807) is 6.33 Å². The summed E-state index contributed by atoms with van der Waals surface area (Å²) < 4.78 is 0. The second-order valence-corrected chi connectivity index (χ2v) is 7.06. The number of nitrogens with one attached hydrogen (secondary N) is 1. The second kappa shape index (κ2) is 8.35. The quantitative estimate of drug-likeness (QED) is 0.740. The largest absolute Gasteiger partial charge is 0.352 e. The van der Waals surface area contributed by atoms with Crippen molar-refractivity contribution in [3.05, 3.63) is 66.5 Å². The molecule has 0 saturated carbocycles. The van der Waals surface area contributed by atoms with E-state index < -0.39 is 0 Å². The SMILES string of the molecule is CNC(Cc1ccccc1)C(=O)N1CCN(c2ncnc3ccccc23)CC1. The number of piperazine rings is 1. The van der Waals surface area contributed by atoms with E-state index in [1.807, 2.05) is 48.3 Å². The maximum absolute atomic E-state index is 13.0. The lowest BCUT2D eigenvalue weighted by Gasteiger charge is -2.37. The number of carbonyl (C=O) groups excluding carboxylic acids is 1. The van der Waals surface area contributed by atoms with Gasteiger partial charge in [-0.1, -0.05) is 42.5 Å². The molecule has 1 fully saturated rings. The lowest BCUT2D eigenvalue weighted by atomic mass is 10.0. The van der Waals surface area contributed by atoms with Gasteiger partial charge in [-0.3, -0.25) is 4.79 Å². The number of anilines is 1. The van der Waals surface area contributed by atoms with Crippen molar-refractivity contribution in [2.24, 2.45) is 0 Å². The topological polar surface area (TPSA) is 61.4 Å². The fraction of sp³-hybridized carbons (Fsp3) is 0.318. The highest BCUT2D eigenvalue weighted by molar-refractivity contribution is 5.89. The molecule has 1 unspecified atom stereocenters. The molecule has 28 heavy (non-hydrogen) atoms. The van der Waals surface area contributed by atoms with Gasteiger partial charge < -0.3 is 15.1 Å². The number of hydrogen-bond donors (Lipinski definition) is 1. The van der Waals surface area contributed by atoms with Gasteiger partial charge in [0.1, 0.15) is 12.1 Å². The van der Waals surface area contributed by atoms with E-state index in [9.17, 15) is 4.79 Å². The zero-order valence-electron chi connectivity index (χ0n) is 16.1. The Labute approximate surface area is 165 Å². The van der Waals surface area contributed by atoms with Crippen LogP contribution in [-0.4, -0.2) is 60.0 Å². The van der Waals surface area contributed by atoms with Crippen LogP contribution >= 0.6 is 0 Å². The molecule has 0 spiro atoms. The molecule has 1 N–H and O–H groups in total. The molecule has 144 valence electrons. The Bertz CT molecular complexity index is 933. The molecule has 2 aromatic carbocycles. The number of nitrogens with zero attached hydrogens (tertiary/aromatic N) is 4. The smallest absolute Gasteiger partial charge is 0.240 e. The summed E-state index contributed by atoms with van der Waals surface area (Å²) in [6.45, 7) is 2.94. The third-order valence-electron chi connectivity index (χ3n) is 5.34. The number of aromatic nitrogens is 2. The summed E-state index contributed by atoms with van der Waals surface area (Å²) in [7, 11) is 1.86. The molecule has 0 aliphatic carbocycles. The summed E-state index contributed by atoms with van der Waals surface area (Å²) in [4.78, 5) is 26.1. The van der Waals surface area contributed by atoms with Gasteiger partial charge in [0.2, 0.25) is 5.91 Å². The molecular weight excluding hydrogens is 350 g/mol. The molecule has 1 aromatic heterocycles. The Morgan fingerprint density at radius 1 is 1.00 bits per heavy atom. The normalized spacial score (nSPS) is 15.6. The Kier molecular flexibility index (Phi) is 5.48. The lowest BCUT2D eigenvalue weighted by molar-refractivity contribution is -0.133. The number of para-hydroxylation sites is 1. The molecule has 2 heterocycles. The maximum Gasteiger partial charge on any atom is 0.240 e. The molecule has 0 bridgehead atoms. The van der Waals surface area contributed by atoms with Crippen LogP contribution < -0.4 is 10.2 Å². The fourth-order valence-corrected chi connectivity index (χ4v) is 3.76. The minimum absolute atomic E-state index is 0.165. The van der Waals surface area contributed by atoms with Crippen LogP contribution in [-0.2, 0) is 11.2 Å². The van der Waals surface area contributed by atoms with Crippen LogP contribution in [0.1, 0.15) is 5.56 Å². The first-order valence-electron chi connectivity index (χ1n) is 9.71. The molecule has 0 radical (unpaired) electrons. The summed E-state index contributed by atoms with van der Waals surface area (Å²) in [6, 6.07) is 18.0. The highest BCUT2D eigenvalue weighted by Gasteiger charge is 2.27. The van der Waals surface area contributed by atoms with Gasteiger partial charge in [0.15, 0.2) is 0 Å². The second-order valence-electron chi connectivity index (χ2n) is 7.06. The van der Waals surface area contributed by atoms with Gasteiger partial charge in [-0.25, -0.2) is 9.97 Å². The molecule has 4 rings (SSSR count). The number of amides is 1. The zero-order valence-corrected chi connectivity index (χ0v) is 16.1. The minimum Gasteiger partial charge on any atom is -0.352 e. The Morgan fingerprint density at radius 3 is 2.46 bits per heavy atom. The lowest BCUT2D eigenvalue weighted by Crippen LogP contribution is -2.54. The van der Waals surface area contributed by atoms with E-state index in [4.69, 9.17) is 0 Å². The van der Waals surface area contributed by atoms with Crippen LogP contribution in [0.25, 0.3) is 10.9 Å². The van der Waals surface area contributed by atoms with Crippen molar-refractivity contribution in [2.45, 2.75) is 12.5 Å². The van der Waals surface area contributed by atoms with Gasteiger partial charge in [-0.2, -0.15) is 0 Å². The van der Waals surface area contributed by atoms with Gasteiger partial charge in [0.25, 0.3) is 0 Å². The number of hydrogen-bond acceptors (Lipinski definition) is 5. The Hall–Kier alpha value is -2.99. The highest BCUT2D eigenvalue weighted by Crippen LogP contribution is 2.23. The fourth-order valence-electron chi connectivity index (χ4n) is 3.76. The predicted molar refractivity (Wildman–Crippen MR) is 111 cm³/mol. The van der Waals surface area contributed by atoms with Crippen molar-refractivity contribution in [2.75, 3.05) is 38.1 Å². The van der Waals surface area contributed by atoms with E-state index in [0.717, 1.165) is 29.8 Å². The molecule has 6 heteroatoms. The molecule has 1 saturated heterocycles. The van der Waals surface area contributed by atoms with Crippen molar-refractivity contribution in [3.63, 3.8) is 0 Å². The molecule has 1 atom stereocenters. The molecule has 1 aliphatic rings. The van der Waals surface area contributed by atoms with Crippen LogP contribution in [0.2, 0.25) is 0 Å². The standard InChI is InChI=1S/C22H25N5O/c1-23-20(15-17-7-3-2-4-8-17)22(28)27-13-11-26(12-14-27)21-18-9-5-6-10-19(18)24-16-25-21/h2-10,16,20,23H,11-15H2,1H3. The zero-order chi connectivity index (χ0) is 19.3. The predicted octanol–water partition coefficient (Wildman–Crippen LogP) is 2.11. The third-order valence-corrected chi connectivity index (χ3v) is 5.34. The number of benzene rings is 2.